The van der Waals surface area contributed by atoms with Gasteiger partial charge in [0.15, 0.2) is 5.75 Å². The molecule has 0 fully saturated rings. The zero-order valence-electron chi connectivity index (χ0n) is 15.0. The number of phenolic OH excluding ortho intramolecular Hbond substituents is 1. The van der Waals surface area contributed by atoms with Gasteiger partial charge in [0.05, 0.1) is 35.9 Å². The number of phenols is 1. The molecule has 2 rings (SSSR count). The first-order valence-corrected chi connectivity index (χ1v) is 9.31. The minimum absolute atomic E-state index is 0.0583. The highest BCUT2D eigenvalue weighted by atomic mass is 32.2. The lowest BCUT2D eigenvalue weighted by atomic mass is 10.1. The average molecular weight is 403 g/mol. The van der Waals surface area contributed by atoms with Crippen LogP contribution in [0, 0.1) is 11.3 Å². The number of nitrogens with one attached hydrogen (secondary N) is 1. The molecule has 2 aromatic carbocycles. The zero-order valence-corrected chi connectivity index (χ0v) is 15.9. The van der Waals surface area contributed by atoms with Gasteiger partial charge < -0.3 is 15.2 Å². The third-order valence-corrected chi connectivity index (χ3v) is 5.59. The molecular weight excluding hydrogens is 386 g/mol. The molecule has 0 atom stereocenters. The van der Waals surface area contributed by atoms with Gasteiger partial charge in [0.25, 0.3) is 0 Å². The first kappa shape index (κ1) is 20.9. The van der Waals surface area contributed by atoms with Gasteiger partial charge >= 0.3 is 5.97 Å². The highest BCUT2D eigenvalue weighted by Crippen LogP contribution is 2.28. The van der Waals surface area contributed by atoms with Crippen molar-refractivity contribution in [3.8, 4) is 11.8 Å². The number of benzene rings is 2. The third-order valence-electron chi connectivity index (χ3n) is 3.77. The summed E-state index contributed by atoms with van der Waals surface area (Å²) in [5.41, 5.74) is 0.108. The number of carbonyl (C=O) groups excluding carboxylic acids is 2. The predicted molar refractivity (Wildman–Crippen MR) is 99.0 cm³/mol. The SMILES string of the molecule is COC(=O)c1cccc(NC(=O)CN(C)S(=O)(=O)c2ccc(C#N)cc2)c1O. The fourth-order valence-corrected chi connectivity index (χ4v) is 3.40. The van der Waals surface area contributed by atoms with Gasteiger partial charge in [0.1, 0.15) is 5.56 Å². The monoisotopic (exact) mass is 403 g/mol. The molecule has 28 heavy (non-hydrogen) atoms. The van der Waals surface area contributed by atoms with Gasteiger partial charge in [-0.1, -0.05) is 6.07 Å². The van der Waals surface area contributed by atoms with Crippen LogP contribution in [0.4, 0.5) is 5.69 Å². The molecule has 0 aromatic heterocycles. The summed E-state index contributed by atoms with van der Waals surface area (Å²) < 4.78 is 30.4. The molecule has 2 aromatic rings. The summed E-state index contributed by atoms with van der Waals surface area (Å²) in [7, 11) is -1.59. The van der Waals surface area contributed by atoms with Crippen molar-refractivity contribution >= 4 is 27.6 Å². The van der Waals surface area contributed by atoms with E-state index < -0.39 is 34.2 Å². The Morgan fingerprint density at radius 1 is 1.21 bits per heavy atom. The first-order chi connectivity index (χ1) is 13.2. The number of nitriles is 1. The van der Waals surface area contributed by atoms with Crippen LogP contribution < -0.4 is 5.32 Å². The molecular formula is C18H17N3O6S. The molecule has 0 bridgehead atoms. The highest BCUT2D eigenvalue weighted by Gasteiger charge is 2.24. The van der Waals surface area contributed by atoms with E-state index in [1.165, 1.54) is 49.5 Å². The molecule has 0 unspecified atom stereocenters. The van der Waals surface area contributed by atoms with Gasteiger partial charge in [0.2, 0.25) is 15.9 Å². The number of ether oxygens (including phenoxy) is 1. The molecule has 1 amide bonds. The maximum Gasteiger partial charge on any atom is 0.341 e. The van der Waals surface area contributed by atoms with Crippen molar-refractivity contribution in [3.05, 3.63) is 53.6 Å². The van der Waals surface area contributed by atoms with Gasteiger partial charge in [-0.05, 0) is 36.4 Å². The predicted octanol–water partition coefficient (Wildman–Crippen LogP) is 1.31. The van der Waals surface area contributed by atoms with Crippen LogP contribution in [-0.2, 0) is 19.6 Å². The average Bonchev–Trinajstić information content (AvgIpc) is 2.68. The number of likely N-dealkylation sites (N-methyl/N-ethyl adjacent to an activating group) is 1. The van der Waals surface area contributed by atoms with Crippen LogP contribution in [-0.4, -0.2) is 50.4 Å². The number of para-hydroxylation sites is 1. The molecule has 10 heteroatoms. The Morgan fingerprint density at radius 2 is 1.86 bits per heavy atom. The van der Waals surface area contributed by atoms with Crippen LogP contribution >= 0.6 is 0 Å². The summed E-state index contributed by atoms with van der Waals surface area (Å²) in [6.45, 7) is -0.537. The molecule has 0 heterocycles. The second kappa shape index (κ2) is 8.51. The number of hydrogen-bond donors (Lipinski definition) is 2. The number of rotatable bonds is 6. The highest BCUT2D eigenvalue weighted by molar-refractivity contribution is 7.89. The van der Waals surface area contributed by atoms with Gasteiger partial charge in [-0.3, -0.25) is 4.79 Å². The van der Waals surface area contributed by atoms with Crippen LogP contribution in [0.5, 0.6) is 5.75 Å². The van der Waals surface area contributed by atoms with E-state index in [0.717, 1.165) is 11.4 Å². The maximum atomic E-state index is 12.5. The van der Waals surface area contributed by atoms with E-state index in [1.54, 1.807) is 0 Å². The van der Waals surface area contributed by atoms with Gasteiger partial charge in [0, 0.05) is 7.05 Å². The summed E-state index contributed by atoms with van der Waals surface area (Å²) in [6.07, 6.45) is 0. The fraction of sp³-hybridized carbons (Fsp3) is 0.167. The topological polar surface area (TPSA) is 137 Å². The van der Waals surface area contributed by atoms with Crippen LogP contribution in [0.2, 0.25) is 0 Å². The second-order valence-corrected chi connectivity index (χ2v) is 7.68. The lowest BCUT2D eigenvalue weighted by Gasteiger charge is -2.17. The number of sulfonamides is 1. The Balaban J connectivity index is 2.14. The Bertz CT molecular complexity index is 1040. The van der Waals surface area contributed by atoms with Crippen molar-refractivity contribution in [3.63, 3.8) is 0 Å². The maximum absolute atomic E-state index is 12.5. The standard InChI is InChI=1S/C18H17N3O6S/c1-21(28(25,26)13-8-6-12(10-19)7-9-13)11-16(22)20-15-5-3-4-14(17(15)23)18(24)27-2/h3-9,23H,11H2,1-2H3,(H,20,22). The summed E-state index contributed by atoms with van der Waals surface area (Å²) in [5, 5.41) is 21.2. The van der Waals surface area contributed by atoms with E-state index in [0.29, 0.717) is 5.56 Å². The smallest absolute Gasteiger partial charge is 0.341 e. The van der Waals surface area contributed by atoms with E-state index >= 15 is 0 Å². The Labute approximate surface area is 161 Å². The number of amides is 1. The molecule has 0 spiro atoms. The van der Waals surface area contributed by atoms with E-state index in [2.05, 4.69) is 10.1 Å². The zero-order chi connectivity index (χ0) is 20.9. The lowest BCUT2D eigenvalue weighted by molar-refractivity contribution is -0.116. The van der Waals surface area contributed by atoms with Crippen molar-refractivity contribution in [2.24, 2.45) is 0 Å². The summed E-state index contributed by atoms with van der Waals surface area (Å²) >= 11 is 0. The van der Waals surface area contributed by atoms with E-state index in [9.17, 15) is 23.1 Å². The van der Waals surface area contributed by atoms with E-state index in [1.807, 2.05) is 6.07 Å². The quantitative estimate of drug-likeness (QED) is 0.548. The van der Waals surface area contributed by atoms with Crippen molar-refractivity contribution in [2.45, 2.75) is 4.90 Å². The number of anilines is 1. The third kappa shape index (κ3) is 4.46. The first-order valence-electron chi connectivity index (χ1n) is 7.87. The fourth-order valence-electron chi connectivity index (χ4n) is 2.28. The summed E-state index contributed by atoms with van der Waals surface area (Å²) in [6, 6.07) is 11.3. The number of carbonyl (C=O) groups is 2. The summed E-state index contributed by atoms with van der Waals surface area (Å²) in [5.74, 6) is -1.99. The van der Waals surface area contributed by atoms with Gasteiger partial charge in [-0.2, -0.15) is 9.57 Å². The van der Waals surface area contributed by atoms with E-state index in [-0.39, 0.29) is 16.1 Å². The summed E-state index contributed by atoms with van der Waals surface area (Å²) in [4.78, 5) is 23.7. The molecule has 0 aliphatic carbocycles. The Hall–Kier alpha value is -3.42. The van der Waals surface area contributed by atoms with E-state index in [4.69, 9.17) is 5.26 Å². The van der Waals surface area contributed by atoms with Gasteiger partial charge in [-0.25, -0.2) is 13.2 Å². The van der Waals surface area contributed by atoms with Crippen LogP contribution in [0.3, 0.4) is 0 Å². The normalized spacial score (nSPS) is 10.9. The molecule has 0 aliphatic rings. The lowest BCUT2D eigenvalue weighted by Crippen LogP contribution is -2.35. The molecule has 146 valence electrons. The van der Waals surface area contributed by atoms with Crippen LogP contribution in [0.25, 0.3) is 0 Å². The molecule has 0 radical (unpaired) electrons. The largest absolute Gasteiger partial charge is 0.505 e. The number of aromatic hydroxyl groups is 1. The minimum atomic E-state index is -3.96. The Morgan fingerprint density at radius 3 is 2.43 bits per heavy atom. The molecule has 2 N–H and O–H groups in total. The van der Waals surface area contributed by atoms with Crippen molar-refractivity contribution in [1.82, 2.24) is 4.31 Å². The molecule has 0 saturated heterocycles. The molecule has 9 nitrogen and oxygen atoms in total. The van der Waals surface area contributed by atoms with Crippen molar-refractivity contribution in [1.29, 1.82) is 5.26 Å². The van der Waals surface area contributed by atoms with Gasteiger partial charge in [-0.15, -0.1) is 0 Å². The second-order valence-electron chi connectivity index (χ2n) is 5.64. The number of methoxy groups -OCH3 is 1. The minimum Gasteiger partial charge on any atom is -0.505 e. The molecule has 0 saturated carbocycles. The van der Waals surface area contributed by atoms with Crippen molar-refractivity contribution in [2.75, 3.05) is 26.0 Å². The van der Waals surface area contributed by atoms with Crippen LogP contribution in [0.15, 0.2) is 47.4 Å². The number of hydrogen-bond acceptors (Lipinski definition) is 7. The van der Waals surface area contributed by atoms with Crippen LogP contribution in [0.1, 0.15) is 15.9 Å². The van der Waals surface area contributed by atoms with Crippen molar-refractivity contribution < 1.29 is 27.9 Å². The Kier molecular flexibility index (Phi) is 6.35. The molecule has 0 aliphatic heterocycles. The number of nitrogens with zero attached hydrogens (tertiary/aromatic N) is 2. The number of esters is 1.